The number of alkyl halides is 1. The molecule has 0 aliphatic heterocycles. The topological polar surface area (TPSA) is 69.7 Å². The molecule has 102 valence electrons. The van der Waals surface area contributed by atoms with Gasteiger partial charge in [0.25, 0.3) is 0 Å². The molecule has 5 nitrogen and oxygen atoms in total. The molecule has 0 saturated carbocycles. The van der Waals surface area contributed by atoms with Crippen LogP contribution in [-0.2, 0) is 19.1 Å². The van der Waals surface area contributed by atoms with Gasteiger partial charge in [0.15, 0.2) is 17.8 Å². The van der Waals surface area contributed by atoms with Crippen molar-refractivity contribution < 1.29 is 23.9 Å². The summed E-state index contributed by atoms with van der Waals surface area (Å²) in [5.74, 6) is -2.21. The van der Waals surface area contributed by atoms with Gasteiger partial charge in [0.1, 0.15) is 0 Å². The highest BCUT2D eigenvalue weighted by Crippen LogP contribution is 2.04. The molecular formula is C13H13ClO5. The Morgan fingerprint density at radius 1 is 1.16 bits per heavy atom. The molecule has 0 aromatic heterocycles. The minimum atomic E-state index is -1.46. The Hall–Kier alpha value is -1.88. The van der Waals surface area contributed by atoms with Gasteiger partial charge in [-0.15, -0.1) is 11.6 Å². The zero-order chi connectivity index (χ0) is 14.3. The number of halogens is 1. The maximum absolute atomic E-state index is 11.5. The van der Waals surface area contributed by atoms with Crippen molar-refractivity contribution >= 4 is 29.3 Å². The Balaban J connectivity index is 2.46. The van der Waals surface area contributed by atoms with Crippen LogP contribution in [0, 0.1) is 0 Å². The molecule has 0 heterocycles. The van der Waals surface area contributed by atoms with Crippen LogP contribution in [0.4, 0.5) is 0 Å². The molecule has 0 spiro atoms. The van der Waals surface area contributed by atoms with E-state index in [1.54, 1.807) is 37.3 Å². The Bertz CT molecular complexity index is 457. The normalized spacial score (nSPS) is 11.5. The standard InChI is InChI=1S/C13H13ClO5/c1-2-18-13(17)11(14)10(15)8-19-12(16)9-6-4-3-5-7-9/h3-7,11H,2,8H2,1H3. The second-order valence-corrected chi connectivity index (χ2v) is 3.96. The van der Waals surface area contributed by atoms with Gasteiger partial charge in [0.2, 0.25) is 0 Å². The molecule has 0 aliphatic carbocycles. The lowest BCUT2D eigenvalue weighted by Gasteiger charge is -2.08. The van der Waals surface area contributed by atoms with E-state index in [2.05, 4.69) is 4.74 Å². The summed E-state index contributed by atoms with van der Waals surface area (Å²) in [4.78, 5) is 34.2. The largest absolute Gasteiger partial charge is 0.465 e. The van der Waals surface area contributed by atoms with Crippen LogP contribution in [0.5, 0.6) is 0 Å². The summed E-state index contributed by atoms with van der Waals surface area (Å²) < 4.78 is 9.34. The SMILES string of the molecule is CCOC(=O)C(Cl)C(=O)COC(=O)c1ccccc1. The van der Waals surface area contributed by atoms with E-state index in [1.165, 1.54) is 0 Å². The van der Waals surface area contributed by atoms with Gasteiger partial charge in [0.05, 0.1) is 12.2 Å². The minimum absolute atomic E-state index is 0.124. The minimum Gasteiger partial charge on any atom is -0.465 e. The summed E-state index contributed by atoms with van der Waals surface area (Å²) >= 11 is 5.57. The second-order valence-electron chi connectivity index (χ2n) is 3.52. The highest BCUT2D eigenvalue weighted by molar-refractivity contribution is 6.41. The number of ether oxygens (including phenoxy) is 2. The van der Waals surface area contributed by atoms with E-state index in [-0.39, 0.29) is 6.61 Å². The van der Waals surface area contributed by atoms with Gasteiger partial charge in [-0.3, -0.25) is 4.79 Å². The predicted molar refractivity (Wildman–Crippen MR) is 68.0 cm³/mol. The van der Waals surface area contributed by atoms with Gasteiger partial charge in [-0.2, -0.15) is 0 Å². The van der Waals surface area contributed by atoms with Crippen molar-refractivity contribution in [2.24, 2.45) is 0 Å². The molecule has 0 N–H and O–H groups in total. The molecule has 0 bridgehead atoms. The predicted octanol–water partition coefficient (Wildman–Crippen LogP) is 1.58. The van der Waals surface area contributed by atoms with Crippen LogP contribution in [0.15, 0.2) is 30.3 Å². The Kier molecular flexibility index (Phi) is 6.02. The quantitative estimate of drug-likeness (QED) is 0.451. The average molecular weight is 285 g/mol. The number of hydrogen-bond donors (Lipinski definition) is 0. The van der Waals surface area contributed by atoms with Gasteiger partial charge in [0, 0.05) is 0 Å². The summed E-state index contributed by atoms with van der Waals surface area (Å²) in [5.41, 5.74) is 0.317. The third kappa shape index (κ3) is 4.71. The highest BCUT2D eigenvalue weighted by Gasteiger charge is 2.26. The molecule has 1 aromatic carbocycles. The van der Waals surface area contributed by atoms with Crippen LogP contribution in [0.1, 0.15) is 17.3 Å². The van der Waals surface area contributed by atoms with Crippen LogP contribution in [0.25, 0.3) is 0 Å². The molecule has 0 saturated heterocycles. The molecule has 19 heavy (non-hydrogen) atoms. The fourth-order valence-electron chi connectivity index (χ4n) is 1.21. The summed E-state index contributed by atoms with van der Waals surface area (Å²) in [6, 6.07) is 8.19. The Morgan fingerprint density at radius 3 is 2.37 bits per heavy atom. The van der Waals surface area contributed by atoms with E-state index in [1.807, 2.05) is 0 Å². The summed E-state index contributed by atoms with van der Waals surface area (Å²) in [6.45, 7) is 1.15. The molecular weight excluding hydrogens is 272 g/mol. The molecule has 1 aromatic rings. The molecule has 0 fully saturated rings. The lowest BCUT2D eigenvalue weighted by atomic mass is 10.2. The van der Waals surface area contributed by atoms with Gasteiger partial charge in [-0.1, -0.05) is 18.2 Å². The molecule has 1 unspecified atom stereocenters. The van der Waals surface area contributed by atoms with Crippen LogP contribution >= 0.6 is 11.6 Å². The first kappa shape index (κ1) is 15.2. The van der Waals surface area contributed by atoms with E-state index in [0.717, 1.165) is 0 Å². The molecule has 1 rings (SSSR count). The van der Waals surface area contributed by atoms with Crippen molar-refractivity contribution in [3.63, 3.8) is 0 Å². The van der Waals surface area contributed by atoms with E-state index >= 15 is 0 Å². The van der Waals surface area contributed by atoms with Crippen LogP contribution in [0.2, 0.25) is 0 Å². The maximum Gasteiger partial charge on any atom is 0.338 e. The zero-order valence-electron chi connectivity index (χ0n) is 10.3. The van der Waals surface area contributed by atoms with Gasteiger partial charge in [-0.05, 0) is 19.1 Å². The number of Topliss-reactive ketones (excluding diaryl/α,β-unsaturated/α-hetero) is 1. The summed E-state index contributed by atoms with van der Waals surface area (Å²) in [7, 11) is 0. The molecule has 6 heteroatoms. The average Bonchev–Trinajstić information content (AvgIpc) is 2.44. The van der Waals surface area contributed by atoms with Crippen molar-refractivity contribution in [2.75, 3.05) is 13.2 Å². The van der Waals surface area contributed by atoms with Crippen molar-refractivity contribution in [3.05, 3.63) is 35.9 Å². The number of carbonyl (C=O) groups is 3. The molecule has 0 amide bonds. The van der Waals surface area contributed by atoms with E-state index in [0.29, 0.717) is 5.56 Å². The number of rotatable bonds is 6. The maximum atomic E-state index is 11.5. The number of ketones is 1. The lowest BCUT2D eigenvalue weighted by Crippen LogP contribution is -2.30. The fraction of sp³-hybridized carbons (Fsp3) is 0.308. The van der Waals surface area contributed by atoms with E-state index < -0.39 is 29.7 Å². The van der Waals surface area contributed by atoms with Crippen molar-refractivity contribution in [2.45, 2.75) is 12.3 Å². The first-order valence-corrected chi connectivity index (χ1v) is 6.05. The Morgan fingerprint density at radius 2 is 1.79 bits per heavy atom. The first-order valence-electron chi connectivity index (χ1n) is 5.61. The summed E-state index contributed by atoms with van der Waals surface area (Å²) in [5, 5.41) is -1.46. The van der Waals surface area contributed by atoms with Gasteiger partial charge >= 0.3 is 11.9 Å². The number of carbonyl (C=O) groups excluding carboxylic acids is 3. The smallest absolute Gasteiger partial charge is 0.338 e. The Labute approximate surface area is 115 Å². The fourth-order valence-corrected chi connectivity index (χ4v) is 1.34. The van der Waals surface area contributed by atoms with E-state index in [9.17, 15) is 14.4 Å². The van der Waals surface area contributed by atoms with Crippen LogP contribution < -0.4 is 0 Å². The van der Waals surface area contributed by atoms with Crippen molar-refractivity contribution in [3.8, 4) is 0 Å². The molecule has 1 atom stereocenters. The van der Waals surface area contributed by atoms with Crippen molar-refractivity contribution in [1.82, 2.24) is 0 Å². The van der Waals surface area contributed by atoms with Crippen LogP contribution in [-0.4, -0.2) is 36.3 Å². The third-order valence-electron chi connectivity index (χ3n) is 2.13. The van der Waals surface area contributed by atoms with Gasteiger partial charge < -0.3 is 9.47 Å². The van der Waals surface area contributed by atoms with E-state index in [4.69, 9.17) is 16.3 Å². The monoisotopic (exact) mass is 284 g/mol. The molecule has 0 aliphatic rings. The van der Waals surface area contributed by atoms with Crippen molar-refractivity contribution in [1.29, 1.82) is 0 Å². The molecule has 0 radical (unpaired) electrons. The number of benzene rings is 1. The summed E-state index contributed by atoms with van der Waals surface area (Å²) in [6.07, 6.45) is 0. The van der Waals surface area contributed by atoms with Crippen LogP contribution in [0.3, 0.4) is 0 Å². The number of hydrogen-bond acceptors (Lipinski definition) is 5. The zero-order valence-corrected chi connectivity index (χ0v) is 11.1. The van der Waals surface area contributed by atoms with Gasteiger partial charge in [-0.25, -0.2) is 9.59 Å². The highest BCUT2D eigenvalue weighted by atomic mass is 35.5. The third-order valence-corrected chi connectivity index (χ3v) is 2.55. The number of esters is 2. The first-order chi connectivity index (χ1) is 9.06. The lowest BCUT2D eigenvalue weighted by molar-refractivity contribution is -0.145. The second kappa shape index (κ2) is 7.53.